The highest BCUT2D eigenvalue weighted by atomic mass is 16.5. The number of nitrogens with one attached hydrogen (secondary N) is 1. The Bertz CT molecular complexity index is 738. The average Bonchev–Trinajstić information content (AvgIpc) is 2.90. The smallest absolute Gasteiger partial charge is 0.328 e. The predicted octanol–water partition coefficient (Wildman–Crippen LogP) is 1.90. The van der Waals surface area contributed by atoms with Crippen molar-refractivity contribution in [3.63, 3.8) is 0 Å². The molecule has 0 aliphatic carbocycles. The Hall–Kier alpha value is -2.57. The van der Waals surface area contributed by atoms with Crippen molar-refractivity contribution in [2.75, 3.05) is 18.6 Å². The number of nitrogens with zero attached hydrogens (tertiary/aromatic N) is 3. The molecule has 2 aromatic rings. The van der Waals surface area contributed by atoms with Crippen LogP contribution in [0.25, 0.3) is 11.0 Å². The summed E-state index contributed by atoms with van der Waals surface area (Å²) in [6.07, 6.45) is 4.87. The quantitative estimate of drug-likeness (QED) is 0.936. The highest BCUT2D eigenvalue weighted by Crippen LogP contribution is 2.36. The van der Waals surface area contributed by atoms with Crippen LogP contribution in [0.2, 0.25) is 0 Å². The number of methoxy groups -OCH3 is 1. The summed E-state index contributed by atoms with van der Waals surface area (Å²) in [5, 5.41) is 3.17. The number of pyridine rings is 1. The first kappa shape index (κ1) is 14.4. The van der Waals surface area contributed by atoms with E-state index in [1.54, 1.807) is 13.3 Å². The number of hydrogen-bond acceptors (Lipinski definition) is 4. The van der Waals surface area contributed by atoms with E-state index in [1.165, 1.54) is 4.90 Å². The zero-order valence-corrected chi connectivity index (χ0v) is 12.6. The van der Waals surface area contributed by atoms with E-state index in [1.807, 2.05) is 12.3 Å². The molecule has 0 aromatic carbocycles. The SMILES string of the molecule is CCCn1ccc2c(OC)c(N3CCC(=O)NC3=O)cnc21. The van der Waals surface area contributed by atoms with Gasteiger partial charge in [-0.2, -0.15) is 0 Å². The first-order chi connectivity index (χ1) is 10.7. The molecule has 0 radical (unpaired) electrons. The lowest BCUT2D eigenvalue weighted by Gasteiger charge is -2.27. The summed E-state index contributed by atoms with van der Waals surface area (Å²) < 4.78 is 7.58. The van der Waals surface area contributed by atoms with Gasteiger partial charge in [0.2, 0.25) is 5.91 Å². The third-order valence-electron chi connectivity index (χ3n) is 3.73. The zero-order chi connectivity index (χ0) is 15.7. The van der Waals surface area contributed by atoms with Crippen LogP contribution >= 0.6 is 0 Å². The van der Waals surface area contributed by atoms with Crippen molar-refractivity contribution in [2.45, 2.75) is 26.3 Å². The number of imide groups is 1. The van der Waals surface area contributed by atoms with Crippen LogP contribution in [0.15, 0.2) is 18.5 Å². The van der Waals surface area contributed by atoms with Gasteiger partial charge in [-0.15, -0.1) is 0 Å². The van der Waals surface area contributed by atoms with Gasteiger partial charge in [-0.05, 0) is 12.5 Å². The van der Waals surface area contributed by atoms with Crippen molar-refractivity contribution in [1.82, 2.24) is 14.9 Å². The number of urea groups is 1. The molecule has 3 rings (SSSR count). The zero-order valence-electron chi connectivity index (χ0n) is 12.6. The van der Waals surface area contributed by atoms with Gasteiger partial charge < -0.3 is 9.30 Å². The Labute approximate surface area is 127 Å². The Morgan fingerprint density at radius 2 is 2.23 bits per heavy atom. The van der Waals surface area contributed by atoms with Crippen LogP contribution in [0.5, 0.6) is 5.75 Å². The molecule has 0 atom stereocenters. The van der Waals surface area contributed by atoms with E-state index in [0.717, 1.165) is 24.0 Å². The number of fused-ring (bicyclic) bond motifs is 1. The van der Waals surface area contributed by atoms with E-state index >= 15 is 0 Å². The largest absolute Gasteiger partial charge is 0.494 e. The number of aromatic nitrogens is 2. The Balaban J connectivity index is 2.07. The molecule has 1 fully saturated rings. The minimum Gasteiger partial charge on any atom is -0.494 e. The van der Waals surface area contributed by atoms with Crippen molar-refractivity contribution < 1.29 is 14.3 Å². The van der Waals surface area contributed by atoms with Crippen molar-refractivity contribution >= 4 is 28.7 Å². The molecule has 7 heteroatoms. The number of anilines is 1. The molecular weight excluding hydrogens is 284 g/mol. The molecule has 0 saturated carbocycles. The summed E-state index contributed by atoms with van der Waals surface area (Å²) in [5.74, 6) is 0.340. The fourth-order valence-corrected chi connectivity index (χ4v) is 2.73. The predicted molar refractivity (Wildman–Crippen MR) is 82.1 cm³/mol. The minimum atomic E-state index is -0.441. The maximum atomic E-state index is 12.0. The molecule has 3 heterocycles. The molecule has 0 spiro atoms. The summed E-state index contributed by atoms with van der Waals surface area (Å²) in [6, 6.07) is 1.50. The van der Waals surface area contributed by atoms with Gasteiger partial charge in [0.25, 0.3) is 0 Å². The lowest BCUT2D eigenvalue weighted by atomic mass is 10.2. The molecule has 116 valence electrons. The van der Waals surface area contributed by atoms with Crippen LogP contribution in [0.1, 0.15) is 19.8 Å². The van der Waals surface area contributed by atoms with Crippen molar-refractivity contribution in [3.8, 4) is 5.75 Å². The van der Waals surface area contributed by atoms with E-state index < -0.39 is 6.03 Å². The van der Waals surface area contributed by atoms with E-state index in [4.69, 9.17) is 4.74 Å². The van der Waals surface area contributed by atoms with Crippen LogP contribution in [-0.2, 0) is 11.3 Å². The van der Waals surface area contributed by atoms with Gasteiger partial charge in [-0.25, -0.2) is 9.78 Å². The maximum Gasteiger partial charge on any atom is 0.328 e. The van der Waals surface area contributed by atoms with Crippen molar-refractivity contribution in [1.29, 1.82) is 0 Å². The molecule has 7 nitrogen and oxygen atoms in total. The number of hydrogen-bond donors (Lipinski definition) is 1. The van der Waals surface area contributed by atoms with Crippen LogP contribution in [0, 0.1) is 0 Å². The van der Waals surface area contributed by atoms with E-state index in [0.29, 0.717) is 18.0 Å². The average molecular weight is 302 g/mol. The Kier molecular flexibility index (Phi) is 3.70. The molecule has 1 aliphatic rings. The first-order valence-corrected chi connectivity index (χ1v) is 7.29. The lowest BCUT2D eigenvalue weighted by molar-refractivity contribution is -0.120. The van der Waals surface area contributed by atoms with Gasteiger partial charge in [0.1, 0.15) is 11.3 Å². The minimum absolute atomic E-state index is 0.261. The molecular formula is C15H18N4O3. The molecule has 3 amide bonds. The summed E-state index contributed by atoms with van der Waals surface area (Å²) >= 11 is 0. The van der Waals surface area contributed by atoms with Gasteiger partial charge >= 0.3 is 6.03 Å². The normalized spacial score (nSPS) is 15.3. The van der Waals surface area contributed by atoms with Gasteiger partial charge in [-0.1, -0.05) is 6.92 Å². The summed E-state index contributed by atoms with van der Waals surface area (Å²) in [4.78, 5) is 29.3. The topological polar surface area (TPSA) is 76.5 Å². The van der Waals surface area contributed by atoms with Crippen molar-refractivity contribution in [2.24, 2.45) is 0 Å². The third kappa shape index (κ3) is 2.28. The highest BCUT2D eigenvalue weighted by molar-refractivity contribution is 6.07. The molecule has 0 bridgehead atoms. The number of amides is 3. The number of rotatable bonds is 4. The van der Waals surface area contributed by atoms with Crippen LogP contribution in [0.4, 0.5) is 10.5 Å². The number of ether oxygens (including phenoxy) is 1. The van der Waals surface area contributed by atoms with Crippen LogP contribution < -0.4 is 15.0 Å². The Morgan fingerprint density at radius 3 is 2.91 bits per heavy atom. The van der Waals surface area contributed by atoms with Gasteiger partial charge in [-0.3, -0.25) is 15.0 Å². The summed E-state index contributed by atoms with van der Waals surface area (Å²) in [7, 11) is 1.57. The summed E-state index contributed by atoms with van der Waals surface area (Å²) in [6.45, 7) is 3.30. The second kappa shape index (κ2) is 5.67. The number of carbonyl (C=O) groups is 2. The monoisotopic (exact) mass is 302 g/mol. The third-order valence-corrected chi connectivity index (χ3v) is 3.73. The molecule has 1 N–H and O–H groups in total. The van der Waals surface area contributed by atoms with Gasteiger partial charge in [0.15, 0.2) is 5.75 Å². The second-order valence-corrected chi connectivity index (χ2v) is 5.18. The van der Waals surface area contributed by atoms with Crippen LogP contribution in [-0.4, -0.2) is 35.1 Å². The van der Waals surface area contributed by atoms with Crippen LogP contribution in [0.3, 0.4) is 0 Å². The van der Waals surface area contributed by atoms with E-state index in [2.05, 4.69) is 21.8 Å². The molecule has 0 unspecified atom stereocenters. The molecule has 1 aliphatic heterocycles. The second-order valence-electron chi connectivity index (χ2n) is 5.18. The highest BCUT2D eigenvalue weighted by Gasteiger charge is 2.28. The first-order valence-electron chi connectivity index (χ1n) is 7.29. The fraction of sp³-hybridized carbons (Fsp3) is 0.400. The van der Waals surface area contributed by atoms with E-state index in [-0.39, 0.29) is 12.3 Å². The molecule has 1 saturated heterocycles. The molecule has 2 aromatic heterocycles. The Morgan fingerprint density at radius 1 is 1.41 bits per heavy atom. The fourth-order valence-electron chi connectivity index (χ4n) is 2.73. The standard InChI is InChI=1S/C15H18N4O3/c1-3-6-18-7-4-10-13(22-2)11(9-16-14(10)18)19-8-5-12(20)17-15(19)21/h4,7,9H,3,5-6,8H2,1-2H3,(H,17,20,21). The number of aryl methyl sites for hydroxylation is 1. The van der Waals surface area contributed by atoms with Crippen molar-refractivity contribution in [3.05, 3.63) is 18.5 Å². The van der Waals surface area contributed by atoms with Gasteiger partial charge in [0, 0.05) is 25.7 Å². The van der Waals surface area contributed by atoms with Gasteiger partial charge in [0.05, 0.1) is 18.7 Å². The van der Waals surface area contributed by atoms with E-state index in [9.17, 15) is 9.59 Å². The summed E-state index contributed by atoms with van der Waals surface area (Å²) in [5.41, 5.74) is 1.41. The number of carbonyl (C=O) groups excluding carboxylic acids is 2. The maximum absolute atomic E-state index is 12.0. The lowest BCUT2D eigenvalue weighted by Crippen LogP contribution is -2.49. The molecule has 22 heavy (non-hydrogen) atoms.